The molecule has 4 aromatic rings. The second-order valence-electron chi connectivity index (χ2n) is 7.56. The summed E-state index contributed by atoms with van der Waals surface area (Å²) in [7, 11) is 2.18. The molecule has 1 aliphatic heterocycles. The molecule has 28 heavy (non-hydrogen) atoms. The monoisotopic (exact) mass is 384 g/mol. The van der Waals surface area contributed by atoms with E-state index in [2.05, 4.69) is 90.7 Å². The average molecular weight is 385 g/mol. The summed E-state index contributed by atoms with van der Waals surface area (Å²) in [6.07, 6.45) is 7.10. The minimum atomic E-state index is -0.170. The van der Waals surface area contributed by atoms with E-state index in [0.29, 0.717) is 0 Å². The molecule has 2 aromatic heterocycles. The van der Waals surface area contributed by atoms with E-state index >= 15 is 0 Å². The molecule has 1 aliphatic rings. The Morgan fingerprint density at radius 3 is 2.68 bits per heavy atom. The van der Waals surface area contributed by atoms with Gasteiger partial charge in [-0.05, 0) is 53.4 Å². The van der Waals surface area contributed by atoms with Gasteiger partial charge in [0.2, 0.25) is 5.69 Å². The van der Waals surface area contributed by atoms with Gasteiger partial charge in [0.05, 0.1) is 11.7 Å². The Labute approximate surface area is 169 Å². The average Bonchev–Trinajstić information content (AvgIpc) is 3.44. The van der Waals surface area contributed by atoms with E-state index in [9.17, 15) is 0 Å². The van der Waals surface area contributed by atoms with Gasteiger partial charge in [-0.15, -0.1) is 11.3 Å². The van der Waals surface area contributed by atoms with Crippen LogP contribution in [0.15, 0.2) is 82.8 Å². The molecule has 0 N–H and O–H groups in total. The first-order chi connectivity index (χ1) is 13.7. The molecule has 2 nitrogen and oxygen atoms in total. The van der Waals surface area contributed by atoms with Gasteiger partial charge in [0.1, 0.15) is 12.8 Å². The lowest BCUT2D eigenvalue weighted by Crippen LogP contribution is -2.33. The number of furan rings is 1. The van der Waals surface area contributed by atoms with Gasteiger partial charge in [-0.1, -0.05) is 30.3 Å². The summed E-state index contributed by atoms with van der Waals surface area (Å²) in [4.78, 5) is 1.27. The second-order valence-corrected chi connectivity index (χ2v) is 8.54. The summed E-state index contributed by atoms with van der Waals surface area (Å²) in [6, 6.07) is 21.5. The maximum Gasteiger partial charge on any atom is 0.210 e. The van der Waals surface area contributed by atoms with Gasteiger partial charge in [0, 0.05) is 29.0 Å². The summed E-state index contributed by atoms with van der Waals surface area (Å²) in [6.45, 7) is 2.35. The highest BCUT2D eigenvalue weighted by molar-refractivity contribution is 7.10. The molecule has 0 saturated heterocycles. The first-order valence-electron chi connectivity index (χ1n) is 9.54. The molecule has 0 spiro atoms. The SMILES string of the molecule is C[N+]1=C(C=Cc2cccs2)C(C)(Cc2ccco2)c2c1ccc1ccccc21. The maximum atomic E-state index is 5.77. The Balaban J connectivity index is 1.72. The van der Waals surface area contributed by atoms with Crippen LogP contribution in [0.2, 0.25) is 0 Å². The minimum Gasteiger partial charge on any atom is -0.469 e. The van der Waals surface area contributed by atoms with Crippen molar-refractivity contribution in [3.05, 3.63) is 94.6 Å². The highest BCUT2D eigenvalue weighted by atomic mass is 32.1. The highest BCUT2D eigenvalue weighted by Crippen LogP contribution is 2.45. The van der Waals surface area contributed by atoms with Crippen molar-refractivity contribution in [3.8, 4) is 0 Å². The van der Waals surface area contributed by atoms with Crippen LogP contribution < -0.4 is 0 Å². The van der Waals surface area contributed by atoms with Crippen LogP contribution in [0.3, 0.4) is 0 Å². The fourth-order valence-electron chi connectivity index (χ4n) is 4.53. The third-order valence-electron chi connectivity index (χ3n) is 5.80. The topological polar surface area (TPSA) is 16.1 Å². The molecule has 0 fully saturated rings. The van der Waals surface area contributed by atoms with Crippen molar-refractivity contribution in [2.75, 3.05) is 7.05 Å². The van der Waals surface area contributed by atoms with E-state index < -0.39 is 0 Å². The van der Waals surface area contributed by atoms with Crippen molar-refractivity contribution in [1.82, 2.24) is 0 Å². The van der Waals surface area contributed by atoms with Gasteiger partial charge in [-0.3, -0.25) is 0 Å². The van der Waals surface area contributed by atoms with Crippen LogP contribution in [-0.4, -0.2) is 17.3 Å². The number of hydrogen-bond donors (Lipinski definition) is 0. The number of rotatable bonds is 4. The predicted octanol–water partition coefficient (Wildman–Crippen LogP) is 6.44. The van der Waals surface area contributed by atoms with E-state index in [0.717, 1.165) is 12.2 Å². The van der Waals surface area contributed by atoms with Gasteiger partial charge >= 0.3 is 0 Å². The number of benzene rings is 2. The standard InChI is InChI=1S/C25H22NOS/c1-25(17-19-8-5-15-27-19)23(14-12-20-9-6-16-28-20)26(2)22-13-11-18-7-3-4-10-21(18)24(22)25/h3-16H,17H2,1-2H3/q+1. The fraction of sp³-hybridized carbons (Fsp3) is 0.160. The van der Waals surface area contributed by atoms with Crippen molar-refractivity contribution in [2.24, 2.45) is 0 Å². The third kappa shape index (κ3) is 2.66. The largest absolute Gasteiger partial charge is 0.469 e. The minimum absolute atomic E-state index is 0.170. The Morgan fingerprint density at radius 1 is 1.00 bits per heavy atom. The molecule has 3 heterocycles. The van der Waals surface area contributed by atoms with Crippen LogP contribution >= 0.6 is 11.3 Å². The molecular formula is C25H22NOS+. The van der Waals surface area contributed by atoms with Gasteiger partial charge < -0.3 is 4.42 Å². The lowest BCUT2D eigenvalue weighted by Gasteiger charge is -2.22. The highest BCUT2D eigenvalue weighted by Gasteiger charge is 2.48. The molecule has 0 radical (unpaired) electrons. The van der Waals surface area contributed by atoms with Gasteiger partial charge in [-0.25, -0.2) is 0 Å². The zero-order chi connectivity index (χ0) is 19.1. The van der Waals surface area contributed by atoms with Crippen molar-refractivity contribution in [3.63, 3.8) is 0 Å². The van der Waals surface area contributed by atoms with E-state index in [1.54, 1.807) is 17.6 Å². The predicted molar refractivity (Wildman–Crippen MR) is 118 cm³/mol. The Bertz CT molecular complexity index is 1200. The van der Waals surface area contributed by atoms with E-state index in [1.807, 2.05) is 6.07 Å². The molecule has 1 atom stereocenters. The fourth-order valence-corrected chi connectivity index (χ4v) is 5.15. The summed E-state index contributed by atoms with van der Waals surface area (Å²) < 4.78 is 8.11. The van der Waals surface area contributed by atoms with Gasteiger partial charge in [0.25, 0.3) is 0 Å². The maximum absolute atomic E-state index is 5.77. The molecule has 2 aromatic carbocycles. The molecule has 0 saturated carbocycles. The van der Waals surface area contributed by atoms with E-state index in [1.165, 1.54) is 32.6 Å². The number of thiophene rings is 1. The zero-order valence-corrected chi connectivity index (χ0v) is 16.9. The summed E-state index contributed by atoms with van der Waals surface area (Å²) in [5, 5.41) is 4.72. The van der Waals surface area contributed by atoms with Crippen LogP contribution in [-0.2, 0) is 11.8 Å². The summed E-state index contributed by atoms with van der Waals surface area (Å²) in [5.74, 6) is 1.01. The molecule has 1 unspecified atom stereocenters. The molecule has 0 amide bonds. The normalized spacial score (nSPS) is 19.1. The lowest BCUT2D eigenvalue weighted by atomic mass is 9.74. The van der Waals surface area contributed by atoms with E-state index in [-0.39, 0.29) is 5.41 Å². The Hall–Kier alpha value is -2.91. The van der Waals surface area contributed by atoms with Gasteiger partial charge in [0.15, 0.2) is 5.71 Å². The first-order valence-corrected chi connectivity index (χ1v) is 10.4. The third-order valence-corrected chi connectivity index (χ3v) is 6.64. The summed E-state index contributed by atoms with van der Waals surface area (Å²) >= 11 is 1.76. The summed E-state index contributed by atoms with van der Waals surface area (Å²) in [5.41, 5.74) is 3.79. The molecule has 3 heteroatoms. The number of hydrogen-bond acceptors (Lipinski definition) is 2. The second kappa shape index (κ2) is 6.61. The van der Waals surface area contributed by atoms with Crippen molar-refractivity contribution in [2.45, 2.75) is 18.8 Å². The Morgan fingerprint density at radius 2 is 1.89 bits per heavy atom. The zero-order valence-electron chi connectivity index (χ0n) is 16.1. The van der Waals surface area contributed by atoms with Crippen molar-refractivity contribution >= 4 is 39.6 Å². The number of nitrogens with zero attached hydrogens (tertiary/aromatic N) is 1. The first kappa shape index (κ1) is 17.2. The van der Waals surface area contributed by atoms with Gasteiger partial charge in [-0.2, -0.15) is 4.58 Å². The Kier molecular flexibility index (Phi) is 4.06. The molecular weight excluding hydrogens is 362 g/mol. The van der Waals surface area contributed by atoms with Crippen LogP contribution in [0.25, 0.3) is 16.8 Å². The van der Waals surface area contributed by atoms with Crippen LogP contribution in [0.1, 0.15) is 23.1 Å². The molecule has 5 rings (SSSR count). The van der Waals surface area contributed by atoms with Crippen LogP contribution in [0, 0.1) is 0 Å². The molecule has 138 valence electrons. The molecule has 0 aliphatic carbocycles. The van der Waals surface area contributed by atoms with Crippen LogP contribution in [0.4, 0.5) is 5.69 Å². The number of fused-ring (bicyclic) bond motifs is 3. The smallest absolute Gasteiger partial charge is 0.210 e. The lowest BCUT2D eigenvalue weighted by molar-refractivity contribution is -0.401. The quantitative estimate of drug-likeness (QED) is 0.370. The van der Waals surface area contributed by atoms with Crippen molar-refractivity contribution in [1.29, 1.82) is 0 Å². The van der Waals surface area contributed by atoms with Crippen LogP contribution in [0.5, 0.6) is 0 Å². The number of allylic oxidation sites excluding steroid dienone is 1. The van der Waals surface area contributed by atoms with E-state index in [4.69, 9.17) is 4.42 Å². The van der Waals surface area contributed by atoms with Crippen molar-refractivity contribution < 1.29 is 8.99 Å². The molecule has 0 bridgehead atoms.